The van der Waals surface area contributed by atoms with Crippen molar-refractivity contribution in [1.29, 1.82) is 0 Å². The highest BCUT2D eigenvalue weighted by molar-refractivity contribution is 7.92. The Labute approximate surface area is 219 Å². The molecule has 1 aliphatic rings. The average Bonchev–Trinajstić information content (AvgIpc) is 2.90. The SMILES string of the molecule is COc1ccc(-c2ccc3c(=O)n(CCC(C)(C(=O)NOC4CCCCO4)S(C)(=O)=O)cnc3c2)c(F)c1. The van der Waals surface area contributed by atoms with Gasteiger partial charge in [0.25, 0.3) is 11.5 Å². The smallest absolute Gasteiger partial charge is 0.264 e. The molecule has 2 heterocycles. The number of aryl methyl sites for hydroxylation is 1. The van der Waals surface area contributed by atoms with Crippen molar-refractivity contribution in [1.82, 2.24) is 15.0 Å². The predicted molar refractivity (Wildman–Crippen MR) is 139 cm³/mol. The van der Waals surface area contributed by atoms with E-state index in [1.165, 1.54) is 31.0 Å². The number of amides is 1. The maximum atomic E-state index is 14.5. The van der Waals surface area contributed by atoms with Gasteiger partial charge in [0.2, 0.25) is 0 Å². The van der Waals surface area contributed by atoms with Crippen molar-refractivity contribution < 1.29 is 31.9 Å². The van der Waals surface area contributed by atoms with E-state index in [2.05, 4.69) is 10.5 Å². The third-order valence-electron chi connectivity index (χ3n) is 6.86. The van der Waals surface area contributed by atoms with E-state index in [0.717, 1.165) is 19.1 Å². The Hall–Kier alpha value is -3.35. The number of carbonyl (C=O) groups excluding carboxylic acids is 1. The van der Waals surface area contributed by atoms with Crippen molar-refractivity contribution in [2.75, 3.05) is 20.0 Å². The minimum atomic E-state index is -3.90. The molecule has 1 saturated heterocycles. The molecule has 0 radical (unpaired) electrons. The monoisotopic (exact) mass is 547 g/mol. The maximum absolute atomic E-state index is 14.5. The molecule has 0 saturated carbocycles. The third kappa shape index (κ3) is 5.71. The van der Waals surface area contributed by atoms with Crippen molar-refractivity contribution in [3.8, 4) is 16.9 Å². The molecule has 1 N–H and O–H groups in total. The lowest BCUT2D eigenvalue weighted by Crippen LogP contribution is -2.51. The van der Waals surface area contributed by atoms with E-state index in [0.29, 0.717) is 35.4 Å². The first-order chi connectivity index (χ1) is 18.0. The van der Waals surface area contributed by atoms with Crippen LogP contribution in [0, 0.1) is 5.82 Å². The number of nitrogens with zero attached hydrogens (tertiary/aromatic N) is 2. The topological polar surface area (TPSA) is 126 Å². The summed E-state index contributed by atoms with van der Waals surface area (Å²) in [5.74, 6) is -0.937. The Morgan fingerprint density at radius 2 is 2.05 bits per heavy atom. The van der Waals surface area contributed by atoms with Crippen LogP contribution in [0.5, 0.6) is 5.75 Å². The summed E-state index contributed by atoms with van der Waals surface area (Å²) in [4.78, 5) is 35.6. The Bertz CT molecular complexity index is 1500. The minimum absolute atomic E-state index is 0.0897. The summed E-state index contributed by atoms with van der Waals surface area (Å²) in [5.41, 5.74) is 3.02. The Morgan fingerprint density at radius 3 is 2.71 bits per heavy atom. The summed E-state index contributed by atoms with van der Waals surface area (Å²) in [6.07, 6.45) is 3.76. The molecule has 10 nitrogen and oxygen atoms in total. The molecule has 0 aliphatic carbocycles. The fraction of sp³-hybridized carbons (Fsp3) is 0.423. The van der Waals surface area contributed by atoms with Gasteiger partial charge in [-0.3, -0.25) is 14.2 Å². The molecule has 12 heteroatoms. The van der Waals surface area contributed by atoms with Crippen LogP contribution in [0.1, 0.15) is 32.6 Å². The van der Waals surface area contributed by atoms with Crippen molar-refractivity contribution >= 4 is 26.6 Å². The highest BCUT2D eigenvalue weighted by Gasteiger charge is 2.44. The Balaban J connectivity index is 1.54. The zero-order chi connectivity index (χ0) is 27.5. The normalized spacial score (nSPS) is 17.6. The molecule has 4 rings (SSSR count). The molecule has 1 fully saturated rings. The number of nitrogens with one attached hydrogen (secondary N) is 1. The van der Waals surface area contributed by atoms with Gasteiger partial charge >= 0.3 is 0 Å². The molecule has 3 aromatic rings. The largest absolute Gasteiger partial charge is 0.497 e. The van der Waals surface area contributed by atoms with Crippen LogP contribution in [0.25, 0.3) is 22.0 Å². The van der Waals surface area contributed by atoms with Crippen LogP contribution < -0.4 is 15.8 Å². The molecule has 0 spiro atoms. The molecule has 2 aromatic carbocycles. The van der Waals surface area contributed by atoms with Gasteiger partial charge in [0, 0.05) is 37.5 Å². The van der Waals surface area contributed by atoms with E-state index in [9.17, 15) is 22.4 Å². The van der Waals surface area contributed by atoms with Crippen LogP contribution in [0.4, 0.5) is 4.39 Å². The molecular formula is C26H30FN3O7S. The van der Waals surface area contributed by atoms with Crippen molar-refractivity contribution in [3.63, 3.8) is 0 Å². The number of sulfone groups is 1. The average molecular weight is 548 g/mol. The second kappa shape index (κ2) is 11.2. The quantitative estimate of drug-likeness (QED) is 0.406. The van der Waals surface area contributed by atoms with E-state index in [1.807, 2.05) is 0 Å². The second-order valence-electron chi connectivity index (χ2n) is 9.42. The first-order valence-corrected chi connectivity index (χ1v) is 14.0. The number of aromatic nitrogens is 2. The van der Waals surface area contributed by atoms with Crippen LogP contribution in [0.2, 0.25) is 0 Å². The predicted octanol–water partition coefficient (Wildman–Crippen LogP) is 2.98. The fourth-order valence-electron chi connectivity index (χ4n) is 4.17. The van der Waals surface area contributed by atoms with Crippen LogP contribution in [0.15, 0.2) is 47.5 Å². The van der Waals surface area contributed by atoms with Gasteiger partial charge in [-0.1, -0.05) is 6.07 Å². The van der Waals surface area contributed by atoms with E-state index in [1.54, 1.807) is 30.3 Å². The van der Waals surface area contributed by atoms with Crippen molar-refractivity contribution in [2.24, 2.45) is 0 Å². The lowest BCUT2D eigenvalue weighted by atomic mass is 10.0. The van der Waals surface area contributed by atoms with Crippen LogP contribution >= 0.6 is 0 Å². The van der Waals surface area contributed by atoms with Gasteiger partial charge in [-0.2, -0.15) is 0 Å². The zero-order valence-corrected chi connectivity index (χ0v) is 22.2. The number of rotatable bonds is 9. The van der Waals surface area contributed by atoms with Crippen LogP contribution in [-0.4, -0.2) is 54.9 Å². The summed E-state index contributed by atoms with van der Waals surface area (Å²) in [6.45, 7) is 1.70. The van der Waals surface area contributed by atoms with E-state index in [4.69, 9.17) is 14.3 Å². The Morgan fingerprint density at radius 1 is 1.26 bits per heavy atom. The molecule has 2 atom stereocenters. The maximum Gasteiger partial charge on any atom is 0.264 e. The van der Waals surface area contributed by atoms with Crippen molar-refractivity contribution in [3.05, 3.63) is 58.9 Å². The number of hydrogen-bond acceptors (Lipinski definition) is 8. The van der Waals surface area contributed by atoms with Gasteiger partial charge in [0.15, 0.2) is 20.9 Å². The summed E-state index contributed by atoms with van der Waals surface area (Å²) < 4.78 is 49.6. The van der Waals surface area contributed by atoms with Crippen molar-refractivity contribution in [2.45, 2.75) is 50.2 Å². The molecular weight excluding hydrogens is 517 g/mol. The Kier molecular flexibility index (Phi) is 8.14. The van der Waals surface area contributed by atoms with Gasteiger partial charge in [-0.15, -0.1) is 0 Å². The number of benzene rings is 2. The molecule has 204 valence electrons. The summed E-state index contributed by atoms with van der Waals surface area (Å²) in [6, 6.07) is 9.24. The van der Waals surface area contributed by atoms with Gasteiger partial charge in [-0.05, 0) is 56.0 Å². The number of fused-ring (bicyclic) bond motifs is 1. The van der Waals surface area contributed by atoms with Gasteiger partial charge in [0.05, 0.1) is 24.3 Å². The van der Waals surface area contributed by atoms with Gasteiger partial charge in [0.1, 0.15) is 11.6 Å². The highest BCUT2D eigenvalue weighted by Crippen LogP contribution is 2.28. The van der Waals surface area contributed by atoms with E-state index < -0.39 is 38.2 Å². The zero-order valence-electron chi connectivity index (χ0n) is 21.4. The number of halogens is 1. The number of carbonyl (C=O) groups is 1. The standard InChI is InChI=1S/C26H30FN3O7S/c1-26(38(3,33)34,25(32)29-37-23-6-4-5-13-36-23)11-12-30-16-28-22-14-17(7-9-20(22)24(30)31)19-10-8-18(35-2)15-21(19)27/h7-10,14-16,23H,4-6,11-13H2,1-3H3,(H,29,32). The molecule has 2 unspecified atom stereocenters. The van der Waals surface area contributed by atoms with E-state index in [-0.39, 0.29) is 18.4 Å². The number of hydroxylamine groups is 1. The number of methoxy groups -OCH3 is 1. The summed E-state index contributed by atoms with van der Waals surface area (Å²) >= 11 is 0. The second-order valence-corrected chi connectivity index (χ2v) is 11.9. The molecule has 1 aromatic heterocycles. The fourth-order valence-corrected chi connectivity index (χ4v) is 5.02. The minimum Gasteiger partial charge on any atom is -0.497 e. The number of hydrogen-bond donors (Lipinski definition) is 1. The van der Waals surface area contributed by atoms with Crippen LogP contribution in [0.3, 0.4) is 0 Å². The highest BCUT2D eigenvalue weighted by atomic mass is 32.2. The molecule has 1 amide bonds. The van der Waals surface area contributed by atoms with Gasteiger partial charge < -0.3 is 9.47 Å². The first-order valence-electron chi connectivity index (χ1n) is 12.1. The van der Waals surface area contributed by atoms with Gasteiger partial charge in [-0.25, -0.2) is 28.1 Å². The molecule has 38 heavy (non-hydrogen) atoms. The van der Waals surface area contributed by atoms with E-state index >= 15 is 0 Å². The lowest BCUT2D eigenvalue weighted by molar-refractivity contribution is -0.201. The molecule has 0 bridgehead atoms. The lowest BCUT2D eigenvalue weighted by Gasteiger charge is -2.28. The first kappa shape index (κ1) is 27.7. The third-order valence-corrected chi connectivity index (χ3v) is 8.89. The molecule has 1 aliphatic heterocycles. The summed E-state index contributed by atoms with van der Waals surface area (Å²) in [5, 5.41) is 0.272. The summed E-state index contributed by atoms with van der Waals surface area (Å²) in [7, 11) is -2.45. The number of ether oxygens (including phenoxy) is 2. The van der Waals surface area contributed by atoms with Crippen LogP contribution in [-0.2, 0) is 30.8 Å².